The summed E-state index contributed by atoms with van der Waals surface area (Å²) in [7, 11) is 5.68. The molecule has 0 atom stereocenters. The van der Waals surface area contributed by atoms with E-state index in [0.717, 1.165) is 27.7 Å². The number of aryl methyl sites for hydroxylation is 3. The standard InChI is InChI=1S/C21H27N5O2/c1-13-7-6-8-15-14(2)17(25(5)16(13)15)18(27)26-11-9-21(10-12-26)19(28)22-20(23-21)24(3)4/h6-8H,9-12H2,1-5H3,(H,22,23,28). The molecule has 7 nitrogen and oxygen atoms in total. The number of aliphatic imine (C=N–C) groups is 1. The second kappa shape index (κ2) is 6.36. The first-order chi connectivity index (χ1) is 13.2. The van der Waals surface area contributed by atoms with Crippen molar-refractivity contribution in [2.45, 2.75) is 32.2 Å². The van der Waals surface area contributed by atoms with Crippen LogP contribution in [0.1, 0.15) is 34.5 Å². The average molecular weight is 381 g/mol. The van der Waals surface area contributed by atoms with Crippen LogP contribution in [0.3, 0.4) is 0 Å². The van der Waals surface area contributed by atoms with Gasteiger partial charge in [-0.2, -0.15) is 0 Å². The van der Waals surface area contributed by atoms with E-state index in [9.17, 15) is 9.59 Å². The molecule has 2 aliphatic heterocycles. The molecule has 4 rings (SSSR count). The van der Waals surface area contributed by atoms with Gasteiger partial charge in [0.2, 0.25) is 5.96 Å². The topological polar surface area (TPSA) is 69.9 Å². The van der Waals surface area contributed by atoms with E-state index in [1.54, 1.807) is 0 Å². The van der Waals surface area contributed by atoms with E-state index in [4.69, 9.17) is 0 Å². The summed E-state index contributed by atoms with van der Waals surface area (Å²) < 4.78 is 2.01. The molecule has 1 N–H and O–H groups in total. The van der Waals surface area contributed by atoms with Crippen LogP contribution in [0.2, 0.25) is 0 Å². The molecule has 0 aliphatic carbocycles. The Balaban J connectivity index is 1.60. The number of carbonyl (C=O) groups excluding carboxylic acids is 2. The van der Waals surface area contributed by atoms with Crippen LogP contribution in [0.4, 0.5) is 0 Å². The highest BCUT2D eigenvalue weighted by molar-refractivity contribution is 6.07. The van der Waals surface area contributed by atoms with E-state index < -0.39 is 5.54 Å². The van der Waals surface area contributed by atoms with E-state index in [1.807, 2.05) is 48.5 Å². The first-order valence-corrected chi connectivity index (χ1v) is 9.68. The van der Waals surface area contributed by atoms with Gasteiger partial charge in [0.15, 0.2) is 0 Å². The molecule has 148 valence electrons. The minimum absolute atomic E-state index is 0.0284. The predicted octanol–water partition coefficient (Wildman–Crippen LogP) is 1.82. The van der Waals surface area contributed by atoms with E-state index in [-0.39, 0.29) is 11.8 Å². The van der Waals surface area contributed by atoms with Gasteiger partial charge < -0.3 is 14.4 Å². The number of rotatable bonds is 1. The van der Waals surface area contributed by atoms with Crippen LogP contribution in [0.5, 0.6) is 0 Å². The van der Waals surface area contributed by atoms with Crippen LogP contribution >= 0.6 is 0 Å². The van der Waals surface area contributed by atoms with Crippen LogP contribution in [-0.2, 0) is 11.8 Å². The lowest BCUT2D eigenvalue weighted by atomic mass is 9.88. The van der Waals surface area contributed by atoms with E-state index in [1.165, 1.54) is 0 Å². The van der Waals surface area contributed by atoms with Gasteiger partial charge in [0.05, 0.1) is 5.52 Å². The quantitative estimate of drug-likeness (QED) is 0.819. The maximum Gasteiger partial charge on any atom is 0.270 e. The summed E-state index contributed by atoms with van der Waals surface area (Å²) >= 11 is 0. The van der Waals surface area contributed by atoms with Crippen LogP contribution in [0.15, 0.2) is 23.2 Å². The number of fused-ring (bicyclic) bond motifs is 1. The second-order valence-corrected chi connectivity index (χ2v) is 8.11. The number of hydrogen-bond acceptors (Lipinski definition) is 4. The fraction of sp³-hybridized carbons (Fsp3) is 0.476. The normalized spacial score (nSPS) is 18.5. The maximum absolute atomic E-state index is 13.3. The van der Waals surface area contributed by atoms with Crippen LogP contribution in [0, 0.1) is 13.8 Å². The number of guanidine groups is 1. The number of amides is 2. The largest absolute Gasteiger partial charge is 0.349 e. The van der Waals surface area contributed by atoms with Gasteiger partial charge in [0, 0.05) is 39.6 Å². The van der Waals surface area contributed by atoms with Gasteiger partial charge in [-0.15, -0.1) is 0 Å². The van der Waals surface area contributed by atoms with Gasteiger partial charge in [-0.05, 0) is 37.8 Å². The average Bonchev–Trinajstić information content (AvgIpc) is 3.11. The summed E-state index contributed by atoms with van der Waals surface area (Å²) in [5, 5.41) is 3.98. The first-order valence-electron chi connectivity index (χ1n) is 9.68. The Morgan fingerprint density at radius 3 is 2.46 bits per heavy atom. The van der Waals surface area contributed by atoms with Crippen molar-refractivity contribution in [3.8, 4) is 0 Å². The molecule has 28 heavy (non-hydrogen) atoms. The summed E-state index contributed by atoms with van der Waals surface area (Å²) in [6.07, 6.45) is 1.09. The summed E-state index contributed by atoms with van der Waals surface area (Å²) in [6, 6.07) is 6.17. The zero-order valence-corrected chi connectivity index (χ0v) is 17.2. The molecule has 0 bridgehead atoms. The van der Waals surface area contributed by atoms with Crippen molar-refractivity contribution in [1.82, 2.24) is 19.7 Å². The van der Waals surface area contributed by atoms with Crippen molar-refractivity contribution in [3.63, 3.8) is 0 Å². The van der Waals surface area contributed by atoms with Crippen molar-refractivity contribution in [3.05, 3.63) is 35.0 Å². The van der Waals surface area contributed by atoms with E-state index in [0.29, 0.717) is 31.9 Å². The van der Waals surface area contributed by atoms with Crippen LogP contribution < -0.4 is 5.32 Å². The molecule has 2 aliphatic rings. The minimum Gasteiger partial charge on any atom is -0.349 e. The number of hydrogen-bond donors (Lipinski definition) is 1. The molecule has 0 radical (unpaired) electrons. The zero-order chi connectivity index (χ0) is 20.2. The molecule has 1 spiro atoms. The second-order valence-electron chi connectivity index (χ2n) is 8.11. The number of piperidine rings is 1. The van der Waals surface area contributed by atoms with E-state index >= 15 is 0 Å². The molecule has 1 fully saturated rings. The highest BCUT2D eigenvalue weighted by Gasteiger charge is 2.47. The van der Waals surface area contributed by atoms with Crippen molar-refractivity contribution in [2.75, 3.05) is 27.2 Å². The van der Waals surface area contributed by atoms with E-state index in [2.05, 4.69) is 29.4 Å². The molecule has 7 heteroatoms. The fourth-order valence-corrected chi connectivity index (χ4v) is 4.48. The molecule has 1 saturated heterocycles. The van der Waals surface area contributed by atoms with Crippen molar-refractivity contribution in [1.29, 1.82) is 0 Å². The number of nitrogens with one attached hydrogen (secondary N) is 1. The highest BCUT2D eigenvalue weighted by atomic mass is 16.2. The van der Waals surface area contributed by atoms with Gasteiger partial charge >= 0.3 is 0 Å². The lowest BCUT2D eigenvalue weighted by Gasteiger charge is -2.35. The molecule has 3 heterocycles. The van der Waals surface area contributed by atoms with Gasteiger partial charge in [-0.1, -0.05) is 18.2 Å². The van der Waals surface area contributed by atoms with Crippen LogP contribution in [-0.4, -0.2) is 64.9 Å². The highest BCUT2D eigenvalue weighted by Crippen LogP contribution is 2.33. The fourth-order valence-electron chi connectivity index (χ4n) is 4.48. The molecule has 0 saturated carbocycles. The van der Waals surface area contributed by atoms with Gasteiger partial charge in [-0.3, -0.25) is 14.9 Å². The maximum atomic E-state index is 13.3. The number of carbonyl (C=O) groups is 2. The molecule has 2 amide bonds. The Morgan fingerprint density at radius 1 is 1.21 bits per heavy atom. The Bertz CT molecular complexity index is 1010. The number of benzene rings is 1. The zero-order valence-electron chi connectivity index (χ0n) is 17.2. The molecule has 1 aromatic carbocycles. The molecular formula is C21H27N5O2. The smallest absolute Gasteiger partial charge is 0.270 e. The minimum atomic E-state index is -0.735. The monoisotopic (exact) mass is 381 g/mol. The van der Waals surface area contributed by atoms with Crippen LogP contribution in [0.25, 0.3) is 10.9 Å². The third-order valence-electron chi connectivity index (χ3n) is 6.14. The third kappa shape index (κ3) is 2.60. The Labute approximate surface area is 165 Å². The summed E-state index contributed by atoms with van der Waals surface area (Å²) in [5.41, 5.74) is 3.27. The number of nitrogens with zero attached hydrogens (tertiary/aromatic N) is 4. The molecular weight excluding hydrogens is 354 g/mol. The SMILES string of the molecule is Cc1c(C(=O)N2CCC3(CC2)N=C(N(C)C)NC3=O)n(C)c2c(C)cccc12. The Morgan fingerprint density at radius 2 is 1.89 bits per heavy atom. The van der Waals surface area contributed by atoms with Crippen molar-refractivity contribution >= 4 is 28.7 Å². The van der Waals surface area contributed by atoms with Crippen molar-refractivity contribution < 1.29 is 9.59 Å². The van der Waals surface area contributed by atoms with Crippen molar-refractivity contribution in [2.24, 2.45) is 12.0 Å². The lowest BCUT2D eigenvalue weighted by molar-refractivity contribution is -0.125. The Hall–Kier alpha value is -2.83. The first kappa shape index (κ1) is 18.5. The molecule has 1 aromatic heterocycles. The lowest BCUT2D eigenvalue weighted by Crippen LogP contribution is -2.51. The Kier molecular flexibility index (Phi) is 4.21. The number of likely N-dealkylation sites (tertiary alicyclic amines) is 1. The van der Waals surface area contributed by atoms with Gasteiger partial charge in [-0.25, -0.2) is 4.99 Å². The number of para-hydroxylation sites is 1. The van der Waals surface area contributed by atoms with Gasteiger partial charge in [0.1, 0.15) is 11.2 Å². The summed E-state index contributed by atoms with van der Waals surface area (Å²) in [4.78, 5) is 34.2. The predicted molar refractivity (Wildman–Crippen MR) is 110 cm³/mol. The molecule has 2 aromatic rings. The molecule has 0 unspecified atom stereocenters. The van der Waals surface area contributed by atoms with Gasteiger partial charge in [0.25, 0.3) is 11.8 Å². The summed E-state index contributed by atoms with van der Waals surface area (Å²) in [6.45, 7) is 5.13. The summed E-state index contributed by atoms with van der Waals surface area (Å²) in [5.74, 6) is 0.574. The number of aromatic nitrogens is 1. The third-order valence-corrected chi connectivity index (χ3v) is 6.14.